The van der Waals surface area contributed by atoms with Gasteiger partial charge in [-0.3, -0.25) is 4.79 Å². The van der Waals surface area contributed by atoms with Crippen molar-refractivity contribution in [2.45, 2.75) is 6.42 Å². The van der Waals surface area contributed by atoms with Crippen molar-refractivity contribution in [3.63, 3.8) is 0 Å². The number of carbonyl (C=O) groups excluding carboxylic acids is 1. The molecule has 0 spiro atoms. The summed E-state index contributed by atoms with van der Waals surface area (Å²) in [6, 6.07) is 4.43. The van der Waals surface area contributed by atoms with Gasteiger partial charge in [-0.1, -0.05) is 0 Å². The van der Waals surface area contributed by atoms with Crippen molar-refractivity contribution >= 4 is 23.7 Å². The highest BCUT2D eigenvalue weighted by Gasteiger charge is 2.13. The number of aldehydes is 1. The van der Waals surface area contributed by atoms with Crippen molar-refractivity contribution in [2.75, 3.05) is 29.5 Å². The van der Waals surface area contributed by atoms with Crippen LogP contribution in [0.5, 0.6) is 0 Å². The Hall–Kier alpha value is -1.03. The van der Waals surface area contributed by atoms with Gasteiger partial charge in [0.05, 0.1) is 0 Å². The molecule has 1 fully saturated rings. The quantitative estimate of drug-likeness (QED) is 0.740. The zero-order chi connectivity index (χ0) is 11.4. The van der Waals surface area contributed by atoms with Crippen LogP contribution < -0.4 is 4.90 Å². The third-order valence-corrected chi connectivity index (χ3v) is 3.73. The smallest absolute Gasteiger partial charge is 0.152 e. The third-order valence-electron chi connectivity index (χ3n) is 2.68. The zero-order valence-corrected chi connectivity index (χ0v) is 9.80. The molecule has 2 rings (SSSR count). The number of rotatable bonds is 2. The fourth-order valence-electron chi connectivity index (χ4n) is 1.89. The Bertz CT molecular complexity index is 375. The highest BCUT2D eigenvalue weighted by Crippen LogP contribution is 2.23. The number of carbonyl (C=O) groups is 1. The molecule has 1 heterocycles. The van der Waals surface area contributed by atoms with E-state index in [2.05, 4.69) is 4.90 Å². The average Bonchev–Trinajstić information content (AvgIpc) is 2.57. The molecule has 0 unspecified atom stereocenters. The van der Waals surface area contributed by atoms with Crippen LogP contribution in [-0.2, 0) is 0 Å². The minimum Gasteiger partial charge on any atom is -0.370 e. The molecule has 0 atom stereocenters. The number of nitrogens with zero attached hydrogens (tertiary/aromatic N) is 1. The van der Waals surface area contributed by atoms with Crippen molar-refractivity contribution < 1.29 is 9.18 Å². The normalized spacial score (nSPS) is 16.9. The molecular weight excluding hydrogens is 225 g/mol. The Kier molecular flexibility index (Phi) is 3.83. The summed E-state index contributed by atoms with van der Waals surface area (Å²) in [5.41, 5.74) is 1.31. The van der Waals surface area contributed by atoms with E-state index in [0.29, 0.717) is 5.56 Å². The number of benzene rings is 1. The summed E-state index contributed by atoms with van der Waals surface area (Å²) in [4.78, 5) is 13.1. The molecule has 1 aliphatic rings. The van der Waals surface area contributed by atoms with Gasteiger partial charge in [0.2, 0.25) is 0 Å². The average molecular weight is 239 g/mol. The van der Waals surface area contributed by atoms with E-state index in [1.54, 1.807) is 6.07 Å². The predicted molar refractivity (Wildman–Crippen MR) is 65.9 cm³/mol. The summed E-state index contributed by atoms with van der Waals surface area (Å²) in [5, 5.41) is 0. The van der Waals surface area contributed by atoms with Crippen LogP contribution in [0, 0.1) is 5.82 Å². The number of hydrogen-bond acceptors (Lipinski definition) is 3. The fraction of sp³-hybridized carbons (Fsp3) is 0.417. The lowest BCUT2D eigenvalue weighted by Crippen LogP contribution is -2.26. The second-order valence-corrected chi connectivity index (χ2v) is 5.00. The van der Waals surface area contributed by atoms with Crippen molar-refractivity contribution in [1.82, 2.24) is 0 Å². The number of hydrogen-bond donors (Lipinski definition) is 0. The first-order valence-electron chi connectivity index (χ1n) is 5.38. The maximum absolute atomic E-state index is 13.0. The van der Waals surface area contributed by atoms with Crippen LogP contribution >= 0.6 is 11.8 Å². The van der Waals surface area contributed by atoms with E-state index >= 15 is 0 Å². The summed E-state index contributed by atoms with van der Waals surface area (Å²) < 4.78 is 13.0. The fourth-order valence-corrected chi connectivity index (χ4v) is 2.78. The predicted octanol–water partition coefficient (Wildman–Crippen LogP) is 2.58. The van der Waals surface area contributed by atoms with Gasteiger partial charge in [-0.05, 0) is 30.4 Å². The molecule has 0 bridgehead atoms. The van der Waals surface area contributed by atoms with Crippen LogP contribution in [0.1, 0.15) is 16.8 Å². The molecule has 4 heteroatoms. The van der Waals surface area contributed by atoms with Crippen molar-refractivity contribution in [3.05, 3.63) is 29.6 Å². The Morgan fingerprint density at radius 3 is 3.00 bits per heavy atom. The highest BCUT2D eigenvalue weighted by atomic mass is 32.2. The van der Waals surface area contributed by atoms with Gasteiger partial charge in [-0.2, -0.15) is 11.8 Å². The lowest BCUT2D eigenvalue weighted by atomic mass is 10.1. The van der Waals surface area contributed by atoms with Gasteiger partial charge in [0.1, 0.15) is 5.82 Å². The topological polar surface area (TPSA) is 20.3 Å². The van der Waals surface area contributed by atoms with E-state index in [0.717, 1.165) is 43.0 Å². The van der Waals surface area contributed by atoms with Crippen LogP contribution in [0.15, 0.2) is 18.2 Å². The van der Waals surface area contributed by atoms with E-state index in [4.69, 9.17) is 0 Å². The molecule has 16 heavy (non-hydrogen) atoms. The van der Waals surface area contributed by atoms with E-state index in [1.165, 1.54) is 12.1 Å². The monoisotopic (exact) mass is 239 g/mol. The lowest BCUT2D eigenvalue weighted by Gasteiger charge is -2.23. The van der Waals surface area contributed by atoms with E-state index in [9.17, 15) is 9.18 Å². The molecule has 0 radical (unpaired) electrons. The molecule has 86 valence electrons. The lowest BCUT2D eigenvalue weighted by molar-refractivity contribution is 0.112. The maximum Gasteiger partial charge on any atom is 0.152 e. The summed E-state index contributed by atoms with van der Waals surface area (Å²) in [7, 11) is 0. The Balaban J connectivity index is 2.26. The van der Waals surface area contributed by atoms with Gasteiger partial charge in [0.15, 0.2) is 6.29 Å². The molecule has 1 aromatic rings. The van der Waals surface area contributed by atoms with Gasteiger partial charge >= 0.3 is 0 Å². The molecule has 1 aromatic carbocycles. The molecule has 0 N–H and O–H groups in total. The molecule has 1 saturated heterocycles. The van der Waals surface area contributed by atoms with Gasteiger partial charge in [-0.15, -0.1) is 0 Å². The maximum atomic E-state index is 13.0. The molecule has 0 aromatic heterocycles. The van der Waals surface area contributed by atoms with E-state index < -0.39 is 0 Å². The largest absolute Gasteiger partial charge is 0.370 e. The van der Waals surface area contributed by atoms with Crippen molar-refractivity contribution in [1.29, 1.82) is 0 Å². The first-order valence-corrected chi connectivity index (χ1v) is 6.54. The van der Waals surface area contributed by atoms with Crippen molar-refractivity contribution in [3.8, 4) is 0 Å². The Morgan fingerprint density at radius 2 is 2.19 bits per heavy atom. The number of thioether (sulfide) groups is 1. The summed E-state index contributed by atoms with van der Waals surface area (Å²) in [6.07, 6.45) is 1.84. The van der Waals surface area contributed by atoms with Gasteiger partial charge in [-0.25, -0.2) is 4.39 Å². The van der Waals surface area contributed by atoms with Gasteiger partial charge in [0, 0.05) is 30.1 Å². The minimum atomic E-state index is -0.352. The molecule has 0 aliphatic carbocycles. The molecule has 2 nitrogen and oxygen atoms in total. The SMILES string of the molecule is O=Cc1cc(F)ccc1N1CCCSCC1. The molecule has 0 amide bonds. The van der Waals surface area contributed by atoms with Crippen molar-refractivity contribution in [2.24, 2.45) is 0 Å². The second kappa shape index (κ2) is 5.34. The van der Waals surface area contributed by atoms with E-state index in [1.807, 2.05) is 11.8 Å². The first kappa shape index (κ1) is 11.5. The van der Waals surface area contributed by atoms with Gasteiger partial charge in [0.25, 0.3) is 0 Å². The summed E-state index contributed by atoms with van der Waals surface area (Å²) in [6.45, 7) is 1.87. The standard InChI is InChI=1S/C12H14FNOS/c13-11-2-3-12(10(8-11)9-15)14-4-1-6-16-7-5-14/h2-3,8-9H,1,4-7H2. The van der Waals surface area contributed by atoms with Crippen LogP contribution in [0.4, 0.5) is 10.1 Å². The van der Waals surface area contributed by atoms with E-state index in [-0.39, 0.29) is 5.82 Å². The Morgan fingerprint density at radius 1 is 1.31 bits per heavy atom. The molecule has 1 aliphatic heterocycles. The van der Waals surface area contributed by atoms with Gasteiger partial charge < -0.3 is 4.90 Å². The van der Waals surface area contributed by atoms with Crippen LogP contribution in [0.25, 0.3) is 0 Å². The number of anilines is 1. The zero-order valence-electron chi connectivity index (χ0n) is 8.99. The minimum absolute atomic E-state index is 0.352. The Labute approximate surface area is 98.8 Å². The third kappa shape index (κ3) is 2.55. The number of halogens is 1. The summed E-state index contributed by atoms with van der Waals surface area (Å²) >= 11 is 1.93. The van der Waals surface area contributed by atoms with Crippen LogP contribution in [0.3, 0.4) is 0 Å². The second-order valence-electron chi connectivity index (χ2n) is 3.77. The molecular formula is C12H14FNOS. The highest BCUT2D eigenvalue weighted by molar-refractivity contribution is 7.99. The van der Waals surface area contributed by atoms with Crippen LogP contribution in [0.2, 0.25) is 0 Å². The summed E-state index contributed by atoms with van der Waals surface area (Å²) in [5.74, 6) is 1.87. The van der Waals surface area contributed by atoms with Crippen LogP contribution in [-0.4, -0.2) is 30.9 Å². The first-order chi connectivity index (χ1) is 7.81. The molecule has 0 saturated carbocycles.